The van der Waals surface area contributed by atoms with Gasteiger partial charge in [-0.2, -0.15) is 0 Å². The molecule has 2 fully saturated rings. The van der Waals surface area contributed by atoms with Crippen molar-refractivity contribution in [3.05, 3.63) is 49.6 Å². The molecule has 1 saturated carbocycles. The number of hydrogen-bond acceptors (Lipinski definition) is 1. The van der Waals surface area contributed by atoms with Gasteiger partial charge in [0.05, 0.1) is 0 Å². The molecule has 0 amide bonds. The summed E-state index contributed by atoms with van der Waals surface area (Å²) in [5, 5.41) is 0. The van der Waals surface area contributed by atoms with Gasteiger partial charge >= 0.3 is 27.7 Å². The van der Waals surface area contributed by atoms with Crippen molar-refractivity contribution in [2.75, 3.05) is 11.4 Å². The Hall–Kier alpha value is -0.0277. The number of nitrogens with zero attached hydrogens (tertiary/aromatic N) is 1. The van der Waals surface area contributed by atoms with E-state index in [1.165, 1.54) is 38.6 Å². The Morgan fingerprint density at radius 2 is 1.48 bits per heavy atom. The Bertz CT molecular complexity index is 685. The summed E-state index contributed by atoms with van der Waals surface area (Å²) < 4.78 is 0. The quantitative estimate of drug-likeness (QED) is 0.328. The van der Waals surface area contributed by atoms with E-state index in [4.69, 9.17) is 0 Å². The Kier molecular flexibility index (Phi) is 12.5. The first-order valence-electron chi connectivity index (χ1n) is 12.8. The molecule has 3 rings (SSSR count). The zero-order valence-electron chi connectivity index (χ0n) is 22.8. The van der Waals surface area contributed by atoms with E-state index < -0.39 is 0 Å². The first-order chi connectivity index (χ1) is 15.4. The van der Waals surface area contributed by atoms with Crippen molar-refractivity contribution in [3.8, 4) is 0 Å². The molecule has 1 nitrogen and oxygen atoms in total. The van der Waals surface area contributed by atoms with Gasteiger partial charge in [-0.1, -0.05) is 73.1 Å². The molecular formula is C30H50ClNPd+. The van der Waals surface area contributed by atoms with Crippen molar-refractivity contribution < 1.29 is 18.2 Å². The maximum absolute atomic E-state index is 4.49. The molecule has 33 heavy (non-hydrogen) atoms. The van der Waals surface area contributed by atoms with Gasteiger partial charge in [0, 0.05) is 17.8 Å². The molecule has 1 spiro atoms. The van der Waals surface area contributed by atoms with Crippen molar-refractivity contribution in [1.29, 1.82) is 0 Å². The molecule has 3 atom stereocenters. The summed E-state index contributed by atoms with van der Waals surface area (Å²) in [4.78, 5) is 2.85. The van der Waals surface area contributed by atoms with E-state index in [1.54, 1.807) is 16.8 Å². The third-order valence-electron chi connectivity index (χ3n) is 7.92. The van der Waals surface area contributed by atoms with E-state index in [9.17, 15) is 0 Å². The predicted molar refractivity (Wildman–Crippen MR) is 145 cm³/mol. The monoisotopic (exact) mass is 565 g/mol. The van der Waals surface area contributed by atoms with Gasteiger partial charge in [0.25, 0.3) is 0 Å². The number of rotatable bonds is 4. The van der Waals surface area contributed by atoms with Gasteiger partial charge in [-0.15, -0.1) is 0 Å². The molecule has 1 aliphatic heterocycles. The molecule has 0 N–H and O–H groups in total. The van der Waals surface area contributed by atoms with Crippen LogP contribution in [0.5, 0.6) is 0 Å². The van der Waals surface area contributed by atoms with Crippen LogP contribution < -0.4 is 4.90 Å². The third-order valence-corrected chi connectivity index (χ3v) is 7.92. The van der Waals surface area contributed by atoms with Crippen LogP contribution in [0.1, 0.15) is 111 Å². The average molecular weight is 567 g/mol. The van der Waals surface area contributed by atoms with Crippen LogP contribution in [-0.2, 0) is 18.2 Å². The fourth-order valence-electron chi connectivity index (χ4n) is 6.89. The topological polar surface area (TPSA) is 3.24 Å². The van der Waals surface area contributed by atoms with Gasteiger partial charge in [-0.3, -0.25) is 0 Å². The van der Waals surface area contributed by atoms with E-state index >= 15 is 0 Å². The SMILES string of the molecule is CC(C)c1cccc(C(C)C)c1N1CC2(C[C@@H](C)CC[C@@H]2C(C)C)CC1(C)C.[CH2][CH][CH2].[Cl][Pd+]. The van der Waals surface area contributed by atoms with Gasteiger partial charge in [0.15, 0.2) is 0 Å². The second kappa shape index (κ2) is 13.3. The number of hydrogen-bond donors (Lipinski definition) is 0. The fraction of sp³-hybridized carbons (Fsp3) is 0.700. The molecule has 1 aromatic rings. The minimum absolute atomic E-state index is 0.221. The summed E-state index contributed by atoms with van der Waals surface area (Å²) in [6, 6.07) is 7.05. The summed E-state index contributed by atoms with van der Waals surface area (Å²) in [6.07, 6.45) is 7.10. The van der Waals surface area contributed by atoms with Crippen LogP contribution in [0.15, 0.2) is 18.2 Å². The van der Waals surface area contributed by atoms with Crippen molar-refractivity contribution >= 4 is 15.2 Å². The molecule has 1 aromatic carbocycles. The van der Waals surface area contributed by atoms with Crippen LogP contribution in [0.4, 0.5) is 5.69 Å². The maximum atomic E-state index is 4.49. The van der Waals surface area contributed by atoms with Gasteiger partial charge in [-0.25, -0.2) is 0 Å². The van der Waals surface area contributed by atoms with E-state index in [0.717, 1.165) is 17.8 Å². The van der Waals surface area contributed by atoms with Gasteiger partial charge in [0.1, 0.15) is 0 Å². The van der Waals surface area contributed by atoms with Gasteiger partial charge in [-0.05, 0) is 99.5 Å². The third kappa shape index (κ3) is 7.24. The van der Waals surface area contributed by atoms with E-state index in [1.807, 2.05) is 0 Å². The molecule has 1 unspecified atom stereocenters. The van der Waals surface area contributed by atoms with Crippen molar-refractivity contribution in [2.24, 2.45) is 23.2 Å². The van der Waals surface area contributed by atoms with Crippen LogP contribution in [0.3, 0.4) is 0 Å². The molecule has 1 saturated heterocycles. The Morgan fingerprint density at radius 3 is 1.91 bits per heavy atom. The zero-order valence-corrected chi connectivity index (χ0v) is 25.1. The number of para-hydroxylation sites is 1. The number of anilines is 1. The Morgan fingerprint density at radius 1 is 1.00 bits per heavy atom. The van der Waals surface area contributed by atoms with E-state index in [-0.39, 0.29) is 5.54 Å². The molecule has 191 valence electrons. The molecule has 0 bridgehead atoms. The van der Waals surface area contributed by atoms with Crippen molar-refractivity contribution in [3.63, 3.8) is 0 Å². The van der Waals surface area contributed by atoms with Crippen molar-refractivity contribution in [1.82, 2.24) is 0 Å². The summed E-state index contributed by atoms with van der Waals surface area (Å²) in [5.74, 6) is 3.64. The average Bonchev–Trinajstić information content (AvgIpc) is 2.98. The second-order valence-corrected chi connectivity index (χ2v) is 12.1. The molecule has 1 aliphatic carbocycles. The first kappa shape index (κ1) is 31.0. The standard InChI is InChI=1S/C27H45N.C3H5.ClH.Pd/c1-18(2)22-11-10-12-23(19(3)4)25(22)28-17-27(16-26(28,8)9)15-21(7)13-14-24(27)20(5)6;1-3-2;;/h10-12,18-21,24H,13-17H2,1-9H3;3H,1-2H2;1H;/q;;;+2/p-1/t21-,24+,27?;;;/m0.../s1. The number of halogens is 1. The van der Waals surface area contributed by atoms with Crippen LogP contribution in [0.25, 0.3) is 0 Å². The summed E-state index contributed by atoms with van der Waals surface area (Å²) in [6.45, 7) is 29.7. The fourth-order valence-corrected chi connectivity index (χ4v) is 6.89. The Balaban J connectivity index is 0.00000101. The van der Waals surface area contributed by atoms with Crippen LogP contribution in [0, 0.1) is 43.4 Å². The zero-order chi connectivity index (χ0) is 25.6. The molecule has 3 radical (unpaired) electrons. The van der Waals surface area contributed by atoms with Crippen LogP contribution in [-0.4, -0.2) is 12.1 Å². The summed E-state index contributed by atoms with van der Waals surface area (Å²) in [7, 11) is 4.49. The van der Waals surface area contributed by atoms with E-state index in [0.29, 0.717) is 17.3 Å². The van der Waals surface area contributed by atoms with Crippen LogP contribution >= 0.6 is 9.53 Å². The van der Waals surface area contributed by atoms with Gasteiger partial charge < -0.3 is 4.90 Å². The van der Waals surface area contributed by atoms with Crippen molar-refractivity contribution in [2.45, 2.75) is 105 Å². The van der Waals surface area contributed by atoms with Gasteiger partial charge in [0.2, 0.25) is 0 Å². The number of benzene rings is 1. The molecular weight excluding hydrogens is 516 g/mol. The summed E-state index contributed by atoms with van der Waals surface area (Å²) in [5.41, 5.74) is 5.35. The minimum atomic E-state index is 0.221. The first-order valence-corrected chi connectivity index (χ1v) is 14.8. The molecule has 2 aliphatic rings. The normalized spacial score (nSPS) is 26.4. The predicted octanol–water partition coefficient (Wildman–Crippen LogP) is 9.55. The summed E-state index contributed by atoms with van der Waals surface area (Å²) >= 11 is 2.22. The molecule has 0 aromatic heterocycles. The molecule has 3 heteroatoms. The van der Waals surface area contributed by atoms with Crippen LogP contribution in [0.2, 0.25) is 0 Å². The molecule has 1 heterocycles. The van der Waals surface area contributed by atoms with E-state index in [2.05, 4.69) is 127 Å². The second-order valence-electron chi connectivity index (χ2n) is 12.1. The Labute approximate surface area is 222 Å².